The number of aromatic nitrogens is 2. The van der Waals surface area contributed by atoms with Gasteiger partial charge in [0.05, 0.1) is 28.6 Å². The average molecular weight is 315 g/mol. The maximum atomic E-state index is 6.37. The summed E-state index contributed by atoms with van der Waals surface area (Å²) in [4.78, 5) is 0. The molecule has 1 unspecified atom stereocenters. The second-order valence-corrected chi connectivity index (χ2v) is 6.38. The van der Waals surface area contributed by atoms with Crippen LogP contribution in [0.4, 0.5) is 0 Å². The molecule has 3 N–H and O–H groups in total. The Morgan fingerprint density at radius 2 is 2.19 bits per heavy atom. The quantitative estimate of drug-likeness (QED) is 0.625. The van der Waals surface area contributed by atoms with E-state index in [4.69, 9.17) is 22.2 Å². The minimum Gasteiger partial charge on any atom is -0.373 e. The minimum absolute atomic E-state index is 0.139. The van der Waals surface area contributed by atoms with Crippen LogP contribution >= 0.6 is 11.6 Å². The summed E-state index contributed by atoms with van der Waals surface area (Å²) in [5.74, 6) is 6.65. The molecule has 1 fully saturated rings. The van der Waals surface area contributed by atoms with Gasteiger partial charge in [0.1, 0.15) is 0 Å². The van der Waals surface area contributed by atoms with E-state index in [0.29, 0.717) is 11.6 Å². The molecule has 0 radical (unpaired) electrons. The van der Waals surface area contributed by atoms with Crippen LogP contribution in [0.2, 0.25) is 5.02 Å². The Hall–Kier alpha value is -0.620. The zero-order valence-corrected chi connectivity index (χ0v) is 14.0. The number of aryl methyl sites for hydroxylation is 1. The largest absolute Gasteiger partial charge is 0.373 e. The van der Waals surface area contributed by atoms with E-state index in [2.05, 4.69) is 24.4 Å². The van der Waals surface area contributed by atoms with Gasteiger partial charge in [0.15, 0.2) is 0 Å². The molecule has 6 heteroatoms. The first-order valence-electron chi connectivity index (χ1n) is 7.89. The number of nitrogens with two attached hydrogens (primary N) is 1. The number of hydrazine groups is 1. The Labute approximate surface area is 132 Å². The van der Waals surface area contributed by atoms with E-state index < -0.39 is 0 Å². The van der Waals surface area contributed by atoms with E-state index in [-0.39, 0.29) is 11.6 Å². The number of nitrogens with one attached hydrogen (secondary N) is 1. The predicted octanol–water partition coefficient (Wildman–Crippen LogP) is 3.05. The number of rotatable bonds is 6. The first kappa shape index (κ1) is 16.7. The molecule has 1 aromatic rings. The molecule has 1 atom stereocenters. The molecule has 21 heavy (non-hydrogen) atoms. The van der Waals surface area contributed by atoms with Crippen molar-refractivity contribution >= 4 is 11.6 Å². The van der Waals surface area contributed by atoms with Crippen LogP contribution < -0.4 is 11.3 Å². The average Bonchev–Trinajstić information content (AvgIpc) is 2.84. The third-order valence-electron chi connectivity index (χ3n) is 4.65. The number of hydrogen-bond donors (Lipinski definition) is 2. The van der Waals surface area contributed by atoms with E-state index >= 15 is 0 Å². The molecule has 1 saturated carbocycles. The predicted molar refractivity (Wildman–Crippen MR) is 85.0 cm³/mol. The highest BCUT2D eigenvalue weighted by Crippen LogP contribution is 2.44. The van der Waals surface area contributed by atoms with Crippen molar-refractivity contribution in [2.24, 2.45) is 11.8 Å². The Balaban J connectivity index is 2.38. The molecule has 5 nitrogen and oxygen atoms in total. The summed E-state index contributed by atoms with van der Waals surface area (Å²) in [6.45, 7) is 7.82. The monoisotopic (exact) mass is 314 g/mol. The molecule has 0 amide bonds. The molecule has 1 aliphatic carbocycles. The van der Waals surface area contributed by atoms with Gasteiger partial charge in [-0.1, -0.05) is 18.5 Å². The lowest BCUT2D eigenvalue weighted by Crippen LogP contribution is -2.51. The van der Waals surface area contributed by atoms with Crippen LogP contribution in [0.5, 0.6) is 0 Å². The Morgan fingerprint density at radius 1 is 1.52 bits per heavy atom. The molecule has 2 rings (SSSR count). The molecule has 1 heterocycles. The Kier molecular flexibility index (Phi) is 5.66. The van der Waals surface area contributed by atoms with E-state index in [1.165, 1.54) is 0 Å². The molecule has 0 spiro atoms. The normalized spacial score (nSPS) is 27.8. The summed E-state index contributed by atoms with van der Waals surface area (Å²) in [5, 5.41) is 4.99. The number of hydrogen-bond acceptors (Lipinski definition) is 4. The molecule has 0 saturated heterocycles. The Morgan fingerprint density at radius 3 is 2.71 bits per heavy atom. The van der Waals surface area contributed by atoms with Crippen molar-refractivity contribution in [1.29, 1.82) is 0 Å². The Bertz CT molecular complexity index is 455. The van der Waals surface area contributed by atoms with Crippen LogP contribution in [0.1, 0.15) is 58.2 Å². The van der Waals surface area contributed by atoms with Crippen LogP contribution in [0.3, 0.4) is 0 Å². The van der Waals surface area contributed by atoms with Gasteiger partial charge in [-0.05, 0) is 45.4 Å². The standard InChI is InChI=1S/C15H27ClN4O/c1-4-20-13(12(16)10-18-20)14(19-17)15(21-5-2)8-6-11(3)7-9-15/h10-11,14,19H,4-9,17H2,1-3H3. The molecular weight excluding hydrogens is 288 g/mol. The van der Waals surface area contributed by atoms with Gasteiger partial charge in [0.2, 0.25) is 0 Å². The zero-order valence-electron chi connectivity index (χ0n) is 13.2. The van der Waals surface area contributed by atoms with Crippen LogP contribution in [-0.4, -0.2) is 22.0 Å². The SMILES string of the molecule is CCOC1(C(NN)c2c(Cl)cnn2CC)CCC(C)CC1. The zero-order chi connectivity index (χ0) is 15.5. The molecule has 0 bridgehead atoms. The number of nitrogens with zero attached hydrogens (tertiary/aromatic N) is 2. The number of halogens is 1. The summed E-state index contributed by atoms with van der Waals surface area (Å²) in [5.41, 5.74) is 3.60. The molecular formula is C15H27ClN4O. The van der Waals surface area contributed by atoms with Gasteiger partial charge in [0, 0.05) is 13.2 Å². The van der Waals surface area contributed by atoms with Crippen LogP contribution in [0, 0.1) is 5.92 Å². The van der Waals surface area contributed by atoms with Crippen molar-refractivity contribution in [1.82, 2.24) is 15.2 Å². The lowest BCUT2D eigenvalue weighted by molar-refractivity contribution is -0.0992. The van der Waals surface area contributed by atoms with Crippen molar-refractivity contribution < 1.29 is 4.74 Å². The smallest absolute Gasteiger partial charge is 0.0933 e. The van der Waals surface area contributed by atoms with Crippen molar-refractivity contribution in [3.63, 3.8) is 0 Å². The summed E-state index contributed by atoms with van der Waals surface area (Å²) >= 11 is 6.37. The second kappa shape index (κ2) is 7.09. The number of ether oxygens (including phenoxy) is 1. The second-order valence-electron chi connectivity index (χ2n) is 5.97. The van der Waals surface area contributed by atoms with Gasteiger partial charge in [-0.15, -0.1) is 0 Å². The fourth-order valence-corrected chi connectivity index (χ4v) is 3.70. The topological polar surface area (TPSA) is 65.1 Å². The molecule has 1 aliphatic rings. The third-order valence-corrected chi connectivity index (χ3v) is 4.94. The minimum atomic E-state index is -0.299. The van der Waals surface area contributed by atoms with Gasteiger partial charge in [-0.2, -0.15) is 5.10 Å². The van der Waals surface area contributed by atoms with Gasteiger partial charge in [-0.3, -0.25) is 10.5 Å². The van der Waals surface area contributed by atoms with E-state index in [0.717, 1.165) is 43.8 Å². The summed E-state index contributed by atoms with van der Waals surface area (Å²) in [6, 6.07) is -0.139. The van der Waals surface area contributed by atoms with E-state index in [1.807, 2.05) is 11.6 Å². The first-order valence-corrected chi connectivity index (χ1v) is 8.27. The molecule has 0 aromatic carbocycles. The van der Waals surface area contributed by atoms with E-state index in [1.54, 1.807) is 6.20 Å². The first-order chi connectivity index (χ1) is 10.1. The highest BCUT2D eigenvalue weighted by Gasteiger charge is 2.44. The van der Waals surface area contributed by atoms with Gasteiger partial charge in [-0.25, -0.2) is 5.43 Å². The van der Waals surface area contributed by atoms with Crippen LogP contribution in [0.25, 0.3) is 0 Å². The van der Waals surface area contributed by atoms with Crippen LogP contribution in [0.15, 0.2) is 6.20 Å². The molecule has 120 valence electrons. The van der Waals surface area contributed by atoms with Crippen LogP contribution in [-0.2, 0) is 11.3 Å². The maximum Gasteiger partial charge on any atom is 0.0933 e. The lowest BCUT2D eigenvalue weighted by Gasteiger charge is -2.44. The van der Waals surface area contributed by atoms with Gasteiger partial charge in [0.25, 0.3) is 0 Å². The summed E-state index contributed by atoms with van der Waals surface area (Å²) < 4.78 is 8.12. The summed E-state index contributed by atoms with van der Waals surface area (Å²) in [6.07, 6.45) is 5.96. The van der Waals surface area contributed by atoms with Crippen molar-refractivity contribution in [2.45, 2.75) is 64.6 Å². The highest BCUT2D eigenvalue weighted by molar-refractivity contribution is 6.31. The molecule has 0 aliphatic heterocycles. The van der Waals surface area contributed by atoms with Crippen molar-refractivity contribution in [2.75, 3.05) is 6.61 Å². The van der Waals surface area contributed by atoms with Crippen molar-refractivity contribution in [3.05, 3.63) is 16.9 Å². The maximum absolute atomic E-state index is 6.37. The van der Waals surface area contributed by atoms with Crippen molar-refractivity contribution in [3.8, 4) is 0 Å². The van der Waals surface area contributed by atoms with E-state index in [9.17, 15) is 0 Å². The fraction of sp³-hybridized carbons (Fsp3) is 0.800. The van der Waals surface area contributed by atoms with Gasteiger partial charge >= 0.3 is 0 Å². The van der Waals surface area contributed by atoms with Gasteiger partial charge < -0.3 is 4.74 Å². The highest BCUT2D eigenvalue weighted by atomic mass is 35.5. The fourth-order valence-electron chi connectivity index (χ4n) is 3.45. The third kappa shape index (κ3) is 3.26. The molecule has 1 aromatic heterocycles. The lowest BCUT2D eigenvalue weighted by atomic mass is 9.74. The summed E-state index contributed by atoms with van der Waals surface area (Å²) in [7, 11) is 0.